The summed E-state index contributed by atoms with van der Waals surface area (Å²) in [4.78, 5) is 0. The van der Waals surface area contributed by atoms with Gasteiger partial charge in [0.1, 0.15) is 0 Å². The fraction of sp³-hybridized carbons (Fsp3) is 0.333. The quantitative estimate of drug-likeness (QED) is 0.512. The first-order chi connectivity index (χ1) is 3.15. The van der Waals surface area contributed by atoms with Crippen molar-refractivity contribution in [2.45, 2.75) is 6.92 Å². The van der Waals surface area contributed by atoms with Crippen molar-refractivity contribution in [2.75, 3.05) is 0 Å². The van der Waals surface area contributed by atoms with Crippen LogP contribution in [-0.4, -0.2) is 0 Å². The summed E-state index contributed by atoms with van der Waals surface area (Å²) in [6.45, 7) is 5.25. The first kappa shape index (κ1) is 12.2. The van der Waals surface area contributed by atoms with E-state index >= 15 is 0 Å². The Balaban J connectivity index is 0. The molecule has 0 spiro atoms. The van der Waals surface area contributed by atoms with Gasteiger partial charge in [-0.25, -0.2) is 0 Å². The van der Waals surface area contributed by atoms with Gasteiger partial charge in [-0.2, -0.15) is 0 Å². The van der Waals surface area contributed by atoms with E-state index in [2.05, 4.69) is 33.9 Å². The third-order valence-electron chi connectivity index (χ3n) is 0. The molecule has 0 aromatic carbocycles. The molecule has 0 nitrogen and oxygen atoms in total. The zero-order valence-electron chi connectivity index (χ0n) is 3.83. The summed E-state index contributed by atoms with van der Waals surface area (Å²) in [5, 5.41) is 0. The maximum atomic E-state index is 3.36. The van der Waals surface area contributed by atoms with E-state index in [0.29, 0.717) is 0 Å². The summed E-state index contributed by atoms with van der Waals surface area (Å²) in [5.74, 6) is 0. The molecule has 0 heterocycles. The van der Waals surface area contributed by atoms with Crippen molar-refractivity contribution in [3.63, 3.8) is 0 Å². The molecule has 0 unspecified atom stereocenters. The van der Waals surface area contributed by atoms with Crippen molar-refractivity contribution in [1.29, 1.82) is 0 Å². The molecule has 7 heavy (non-hydrogen) atoms. The summed E-state index contributed by atoms with van der Waals surface area (Å²) >= 11 is -1.09. The summed E-state index contributed by atoms with van der Waals surface area (Å²) in [5.41, 5.74) is 0. The fourth-order valence-electron chi connectivity index (χ4n) is 0. The van der Waals surface area contributed by atoms with Gasteiger partial charge in [-0.05, 0) is 6.92 Å². The molecular weight excluding hydrogens is 426 g/mol. The average Bonchev–Trinajstić information content (AvgIpc) is 1.33. The molecule has 0 aromatic heterocycles. The van der Waals surface area contributed by atoms with Crippen LogP contribution in [0.3, 0.4) is 0 Å². The third kappa shape index (κ3) is 57.1. The molecule has 4 heteroatoms. The van der Waals surface area contributed by atoms with Gasteiger partial charge in [-0.3, -0.25) is 0 Å². The van der Waals surface area contributed by atoms with Gasteiger partial charge < -0.3 is 0 Å². The first-order valence-corrected chi connectivity index (χ1v) is 18.8. The van der Waals surface area contributed by atoms with Gasteiger partial charge in [0.15, 0.2) is 0 Å². The van der Waals surface area contributed by atoms with Crippen LogP contribution < -0.4 is 0 Å². The summed E-state index contributed by atoms with van der Waals surface area (Å²) in [7, 11) is 9.90. The Bertz CT molecular complexity index is 34.4. The van der Waals surface area contributed by atoms with Crippen LogP contribution in [0.1, 0.15) is 6.92 Å². The minimum absolute atomic E-state index is 1.09. The van der Waals surface area contributed by atoms with Gasteiger partial charge in [-0.15, -0.1) is 6.58 Å². The molecule has 0 N–H and O–H groups in total. The summed E-state index contributed by atoms with van der Waals surface area (Å²) in [6, 6.07) is 0. The first-order valence-electron chi connectivity index (χ1n) is 1.45. The van der Waals surface area contributed by atoms with Crippen LogP contribution in [0.25, 0.3) is 0 Å². The van der Waals surface area contributed by atoms with Crippen molar-refractivity contribution in [3.8, 4) is 0 Å². The van der Waals surface area contributed by atoms with Gasteiger partial charge in [0, 0.05) is 0 Å². The van der Waals surface area contributed by atoms with E-state index in [-0.39, 0.29) is 0 Å². The molecule has 0 aromatic rings. The minimum atomic E-state index is -1.09. The van der Waals surface area contributed by atoms with Gasteiger partial charge in [0.05, 0.1) is 0 Å². The Kier molecular flexibility index (Phi) is 19.8. The predicted molar refractivity (Wildman–Crippen MR) is 42.7 cm³/mol. The Labute approximate surface area is 70.0 Å². The summed E-state index contributed by atoms with van der Waals surface area (Å²) in [6.07, 6.45) is 1.75. The van der Waals surface area contributed by atoms with E-state index in [0.717, 1.165) is 0 Å². The molecule has 0 atom stereocenters. The molecule has 0 aliphatic heterocycles. The number of rotatable bonds is 0. The van der Waals surface area contributed by atoms with E-state index in [1.165, 1.54) is 0 Å². The van der Waals surface area contributed by atoms with E-state index in [1.807, 2.05) is 6.92 Å². The normalized spacial score (nSPS) is 7.00. The number of halogens is 3. The SMILES string of the molecule is C=CC.[Br][Sm]([Br])[Br]. The van der Waals surface area contributed by atoms with Crippen molar-refractivity contribution in [3.05, 3.63) is 12.7 Å². The van der Waals surface area contributed by atoms with Crippen molar-refractivity contribution in [1.82, 2.24) is 0 Å². The molecule has 0 saturated carbocycles. The van der Waals surface area contributed by atoms with Crippen LogP contribution in [0.15, 0.2) is 12.7 Å². The summed E-state index contributed by atoms with van der Waals surface area (Å²) < 4.78 is 0. The average molecular weight is 432 g/mol. The molecule has 0 bridgehead atoms. The molecule has 0 fully saturated rings. The van der Waals surface area contributed by atoms with Crippen LogP contribution in [0.5, 0.6) is 0 Å². The fourth-order valence-corrected chi connectivity index (χ4v) is 0. The van der Waals surface area contributed by atoms with Crippen molar-refractivity contribution in [2.24, 2.45) is 0 Å². The monoisotopic (exact) mass is 431 g/mol. The van der Waals surface area contributed by atoms with Gasteiger partial charge in [0.2, 0.25) is 0 Å². The van der Waals surface area contributed by atoms with Crippen LogP contribution >= 0.6 is 27.3 Å². The molecular formula is C3H6Br3Sm. The Morgan fingerprint density at radius 2 is 1.43 bits per heavy atom. The zero-order valence-corrected chi connectivity index (χ0v) is 11.2. The third-order valence-corrected chi connectivity index (χ3v) is 0. The second-order valence-electron chi connectivity index (χ2n) is 0.583. The second-order valence-corrected chi connectivity index (χ2v) is 35.4. The Morgan fingerprint density at radius 3 is 1.43 bits per heavy atom. The topological polar surface area (TPSA) is 0 Å². The van der Waals surface area contributed by atoms with Gasteiger partial charge in [0.25, 0.3) is 0 Å². The van der Waals surface area contributed by atoms with Crippen molar-refractivity contribution >= 4 is 27.3 Å². The molecule has 0 amide bonds. The van der Waals surface area contributed by atoms with E-state index in [9.17, 15) is 0 Å². The van der Waals surface area contributed by atoms with Crippen LogP contribution in [0, 0.1) is 25.1 Å². The van der Waals surface area contributed by atoms with Crippen LogP contribution in [-0.2, 0) is 0 Å². The maximum absolute atomic E-state index is 3.36. The number of hydrogen-bond acceptors (Lipinski definition) is 0. The standard InChI is InChI=1S/C3H6.3BrH.Sm/c1-3-2;;;;/h3H,1H2,2H3;3*1H;/q;;;;+3/p-3. The number of hydrogen-bond donors (Lipinski definition) is 0. The molecule has 0 rings (SSSR count). The molecule has 0 aliphatic rings. The second kappa shape index (κ2) is 11.3. The Hall–Kier alpha value is 2.52. The molecule has 0 aliphatic carbocycles. The molecule has 45 valence electrons. The number of allylic oxidation sites excluding steroid dienone is 1. The van der Waals surface area contributed by atoms with Crippen LogP contribution in [0.2, 0.25) is 0 Å². The van der Waals surface area contributed by atoms with E-state index in [1.54, 1.807) is 6.08 Å². The van der Waals surface area contributed by atoms with Crippen LogP contribution in [0.4, 0.5) is 0 Å². The predicted octanol–water partition coefficient (Wildman–Crippen LogP) is 3.73. The van der Waals surface area contributed by atoms with Crippen molar-refractivity contribution < 1.29 is 25.1 Å². The van der Waals surface area contributed by atoms with E-state index in [4.69, 9.17) is 0 Å². The zero-order chi connectivity index (χ0) is 6.28. The van der Waals surface area contributed by atoms with Gasteiger partial charge >= 0.3 is 52.4 Å². The van der Waals surface area contributed by atoms with E-state index < -0.39 is 25.1 Å². The molecule has 0 radical (unpaired) electrons. The Morgan fingerprint density at radius 1 is 1.43 bits per heavy atom. The molecule has 0 saturated heterocycles. The van der Waals surface area contributed by atoms with Gasteiger partial charge in [-0.1, -0.05) is 6.08 Å².